The van der Waals surface area contributed by atoms with Crippen LogP contribution >= 0.6 is 0 Å². The molecule has 1 aromatic carbocycles. The van der Waals surface area contributed by atoms with Crippen molar-refractivity contribution in [3.63, 3.8) is 0 Å². The molecule has 2 N–H and O–H groups in total. The van der Waals surface area contributed by atoms with Crippen molar-refractivity contribution in [2.45, 2.75) is 13.3 Å². The Morgan fingerprint density at radius 3 is 3.00 bits per heavy atom. The molecular weight excluding hydrogens is 242 g/mol. The molecule has 0 aliphatic carbocycles. The van der Waals surface area contributed by atoms with Crippen LogP contribution in [0.1, 0.15) is 12.8 Å². The number of aromatic nitrogens is 2. The molecule has 3 aromatic rings. The summed E-state index contributed by atoms with van der Waals surface area (Å²) >= 11 is 0. The lowest BCUT2D eigenvalue weighted by molar-refractivity contribution is 0.359. The monoisotopic (exact) mass is 257 g/mol. The molecular formula is C14H15N3O2. The maximum Gasteiger partial charge on any atom is 0.227 e. The Morgan fingerprint density at radius 1 is 1.32 bits per heavy atom. The zero-order valence-electron chi connectivity index (χ0n) is 10.7. The van der Waals surface area contributed by atoms with Crippen LogP contribution in [0.5, 0.6) is 0 Å². The highest BCUT2D eigenvalue weighted by Gasteiger charge is 2.15. The second kappa shape index (κ2) is 4.85. The summed E-state index contributed by atoms with van der Waals surface area (Å²) in [4.78, 5) is 4.40. The van der Waals surface area contributed by atoms with Crippen molar-refractivity contribution in [1.29, 1.82) is 0 Å². The Balaban J connectivity index is 1.94. The van der Waals surface area contributed by atoms with Gasteiger partial charge in [-0.25, -0.2) is 0 Å². The molecule has 1 unspecified atom stereocenters. The van der Waals surface area contributed by atoms with Crippen LogP contribution in [0.2, 0.25) is 0 Å². The molecule has 0 aliphatic heterocycles. The molecule has 0 amide bonds. The summed E-state index contributed by atoms with van der Waals surface area (Å²) in [6.07, 6.45) is 2.35. The average molecular weight is 257 g/mol. The molecule has 5 nitrogen and oxygen atoms in total. The Kier molecular flexibility index (Phi) is 3.05. The Labute approximate surface area is 110 Å². The van der Waals surface area contributed by atoms with Crippen molar-refractivity contribution >= 4 is 11.0 Å². The molecule has 0 saturated carbocycles. The predicted molar refractivity (Wildman–Crippen MR) is 71.4 cm³/mol. The molecule has 98 valence electrons. The molecule has 3 rings (SSSR count). The van der Waals surface area contributed by atoms with E-state index >= 15 is 0 Å². The van der Waals surface area contributed by atoms with Crippen LogP contribution < -0.4 is 5.73 Å². The number of hydrogen-bond acceptors (Lipinski definition) is 5. The number of rotatable bonds is 4. The van der Waals surface area contributed by atoms with Gasteiger partial charge in [0.1, 0.15) is 11.8 Å². The van der Waals surface area contributed by atoms with Gasteiger partial charge >= 0.3 is 0 Å². The van der Waals surface area contributed by atoms with Crippen molar-refractivity contribution in [1.82, 2.24) is 10.1 Å². The second-order valence-electron chi connectivity index (χ2n) is 4.70. The summed E-state index contributed by atoms with van der Waals surface area (Å²) in [7, 11) is 0. The SMILES string of the molecule is CC(CN)Cc1nc(-c2coc3ccccc23)no1. The fraction of sp³-hybridized carbons (Fsp3) is 0.286. The third-order valence-corrected chi connectivity index (χ3v) is 3.12. The van der Waals surface area contributed by atoms with Gasteiger partial charge in [-0.15, -0.1) is 0 Å². The third kappa shape index (κ3) is 2.24. The summed E-state index contributed by atoms with van der Waals surface area (Å²) in [5.41, 5.74) is 7.26. The van der Waals surface area contributed by atoms with E-state index in [0.717, 1.165) is 16.5 Å². The van der Waals surface area contributed by atoms with Gasteiger partial charge in [-0.2, -0.15) is 4.98 Å². The number of nitrogens with two attached hydrogens (primary N) is 1. The maximum absolute atomic E-state index is 5.59. The van der Waals surface area contributed by atoms with Gasteiger partial charge in [-0.1, -0.05) is 30.3 Å². The molecule has 0 radical (unpaired) electrons. The fourth-order valence-corrected chi connectivity index (χ4v) is 1.98. The maximum atomic E-state index is 5.59. The minimum atomic E-state index is 0.328. The van der Waals surface area contributed by atoms with Gasteiger partial charge in [0.2, 0.25) is 11.7 Å². The quantitative estimate of drug-likeness (QED) is 0.777. The van der Waals surface area contributed by atoms with Gasteiger partial charge in [0.05, 0.1) is 5.56 Å². The number of nitrogens with zero attached hydrogens (tertiary/aromatic N) is 2. The van der Waals surface area contributed by atoms with Crippen molar-refractivity contribution in [3.8, 4) is 11.4 Å². The Bertz CT molecular complexity index is 687. The molecule has 0 saturated heterocycles. The number of para-hydroxylation sites is 1. The molecule has 0 aliphatic rings. The number of hydrogen-bond donors (Lipinski definition) is 1. The van der Waals surface area contributed by atoms with E-state index in [2.05, 4.69) is 17.1 Å². The first-order valence-corrected chi connectivity index (χ1v) is 6.27. The Hall–Kier alpha value is -2.14. The molecule has 0 bridgehead atoms. The highest BCUT2D eigenvalue weighted by atomic mass is 16.5. The van der Waals surface area contributed by atoms with Gasteiger partial charge < -0.3 is 14.7 Å². The largest absolute Gasteiger partial charge is 0.464 e. The fourth-order valence-electron chi connectivity index (χ4n) is 1.98. The second-order valence-corrected chi connectivity index (χ2v) is 4.70. The van der Waals surface area contributed by atoms with E-state index in [1.54, 1.807) is 6.26 Å². The van der Waals surface area contributed by atoms with E-state index in [-0.39, 0.29) is 0 Å². The van der Waals surface area contributed by atoms with Crippen LogP contribution in [0.3, 0.4) is 0 Å². The standard InChI is InChI=1S/C14H15N3O2/c1-9(7-15)6-13-16-14(17-19-13)11-8-18-12-5-3-2-4-10(11)12/h2-5,8-9H,6-7,15H2,1H3. The zero-order valence-corrected chi connectivity index (χ0v) is 10.7. The van der Waals surface area contributed by atoms with Gasteiger partial charge in [-0.05, 0) is 18.5 Å². The van der Waals surface area contributed by atoms with Gasteiger partial charge in [-0.3, -0.25) is 0 Å². The van der Waals surface area contributed by atoms with Crippen LogP contribution in [0.25, 0.3) is 22.4 Å². The molecule has 2 heterocycles. The van der Waals surface area contributed by atoms with E-state index in [1.165, 1.54) is 0 Å². The van der Waals surface area contributed by atoms with Crippen molar-refractivity contribution in [3.05, 3.63) is 36.4 Å². The van der Waals surface area contributed by atoms with Gasteiger partial charge in [0.25, 0.3) is 0 Å². The molecule has 1 atom stereocenters. The highest BCUT2D eigenvalue weighted by molar-refractivity contribution is 5.91. The minimum absolute atomic E-state index is 0.328. The average Bonchev–Trinajstić information content (AvgIpc) is 3.04. The summed E-state index contributed by atoms with van der Waals surface area (Å²) < 4.78 is 10.7. The third-order valence-electron chi connectivity index (χ3n) is 3.12. The van der Waals surface area contributed by atoms with Crippen molar-refractivity contribution in [2.75, 3.05) is 6.54 Å². The summed E-state index contributed by atoms with van der Waals surface area (Å²) in [5.74, 6) is 1.50. The predicted octanol–water partition coefficient (Wildman–Crippen LogP) is 2.62. The number of benzene rings is 1. The van der Waals surface area contributed by atoms with E-state index in [1.807, 2.05) is 24.3 Å². The molecule has 19 heavy (non-hydrogen) atoms. The number of fused-ring (bicyclic) bond motifs is 1. The zero-order chi connectivity index (χ0) is 13.2. The molecule has 0 fully saturated rings. The van der Waals surface area contributed by atoms with E-state index < -0.39 is 0 Å². The highest BCUT2D eigenvalue weighted by Crippen LogP contribution is 2.28. The lowest BCUT2D eigenvalue weighted by atomic mass is 10.1. The first-order chi connectivity index (χ1) is 9.28. The first-order valence-electron chi connectivity index (χ1n) is 6.27. The Morgan fingerprint density at radius 2 is 2.16 bits per heavy atom. The van der Waals surface area contributed by atoms with E-state index in [9.17, 15) is 0 Å². The first kappa shape index (κ1) is 11.9. The van der Waals surface area contributed by atoms with Crippen LogP contribution in [-0.4, -0.2) is 16.7 Å². The smallest absolute Gasteiger partial charge is 0.227 e. The van der Waals surface area contributed by atoms with Crippen molar-refractivity contribution in [2.24, 2.45) is 11.7 Å². The number of furan rings is 1. The van der Waals surface area contributed by atoms with Gasteiger partial charge in [0, 0.05) is 11.8 Å². The van der Waals surface area contributed by atoms with Crippen LogP contribution in [0.4, 0.5) is 0 Å². The van der Waals surface area contributed by atoms with Crippen LogP contribution in [-0.2, 0) is 6.42 Å². The van der Waals surface area contributed by atoms with E-state index in [4.69, 9.17) is 14.7 Å². The lowest BCUT2D eigenvalue weighted by Gasteiger charge is -2.01. The molecule has 5 heteroatoms. The minimum Gasteiger partial charge on any atom is -0.464 e. The van der Waals surface area contributed by atoms with Crippen molar-refractivity contribution < 1.29 is 8.94 Å². The van der Waals surface area contributed by atoms with Crippen LogP contribution in [0, 0.1) is 5.92 Å². The molecule has 2 aromatic heterocycles. The van der Waals surface area contributed by atoms with E-state index in [0.29, 0.717) is 30.6 Å². The lowest BCUT2D eigenvalue weighted by Crippen LogP contribution is -2.13. The summed E-state index contributed by atoms with van der Waals surface area (Å²) in [6.45, 7) is 2.66. The summed E-state index contributed by atoms with van der Waals surface area (Å²) in [5, 5.41) is 5.00. The topological polar surface area (TPSA) is 78.1 Å². The normalized spacial score (nSPS) is 12.9. The molecule has 0 spiro atoms. The van der Waals surface area contributed by atoms with Gasteiger partial charge in [0.15, 0.2) is 0 Å². The van der Waals surface area contributed by atoms with Crippen LogP contribution in [0.15, 0.2) is 39.5 Å². The summed E-state index contributed by atoms with van der Waals surface area (Å²) in [6, 6.07) is 7.78.